The maximum atomic E-state index is 13.6. The summed E-state index contributed by atoms with van der Waals surface area (Å²) in [7, 11) is 0. The monoisotopic (exact) mass is 366 g/mol. The number of para-hydroxylation sites is 1. The van der Waals surface area contributed by atoms with Crippen LogP contribution in [0.15, 0.2) is 29.3 Å². The summed E-state index contributed by atoms with van der Waals surface area (Å²) < 4.78 is 19.2. The molecule has 1 aromatic rings. The zero-order valence-corrected chi connectivity index (χ0v) is 16.4. The first-order valence-corrected chi connectivity index (χ1v) is 9.01. The van der Waals surface area contributed by atoms with E-state index >= 15 is 0 Å². The van der Waals surface area contributed by atoms with Gasteiger partial charge in [0.1, 0.15) is 6.10 Å². The lowest BCUT2D eigenvalue weighted by Gasteiger charge is -2.22. The normalized spacial score (nSPS) is 13.1. The maximum absolute atomic E-state index is 13.6. The lowest BCUT2D eigenvalue weighted by molar-refractivity contribution is -0.128. The molecule has 0 aliphatic carbocycles. The second-order valence-corrected chi connectivity index (χ2v) is 6.68. The summed E-state index contributed by atoms with van der Waals surface area (Å²) in [6.45, 7) is 11.5. The fourth-order valence-corrected chi connectivity index (χ4v) is 2.13. The maximum Gasteiger partial charge on any atom is 0.227 e. The Labute approximate surface area is 155 Å². The summed E-state index contributed by atoms with van der Waals surface area (Å²) >= 11 is 0. The van der Waals surface area contributed by atoms with Crippen LogP contribution in [0.1, 0.15) is 34.6 Å². The van der Waals surface area contributed by atoms with E-state index < -0.39 is 5.41 Å². The molecular formula is C19H31FN4O2. The van der Waals surface area contributed by atoms with Gasteiger partial charge in [-0.1, -0.05) is 12.1 Å². The van der Waals surface area contributed by atoms with Crippen molar-refractivity contribution in [3.63, 3.8) is 0 Å². The molecular weight excluding hydrogens is 335 g/mol. The van der Waals surface area contributed by atoms with Gasteiger partial charge in [-0.05, 0) is 46.8 Å². The van der Waals surface area contributed by atoms with E-state index in [9.17, 15) is 9.18 Å². The number of ether oxygens (including phenoxy) is 1. The first-order valence-electron chi connectivity index (χ1n) is 9.01. The largest absolute Gasteiger partial charge is 0.486 e. The molecule has 0 bridgehead atoms. The number of hydrogen-bond donors (Lipinski definition) is 3. The third-order valence-electron chi connectivity index (χ3n) is 3.65. The summed E-state index contributed by atoms with van der Waals surface area (Å²) in [6, 6.07) is 6.31. The van der Waals surface area contributed by atoms with Crippen molar-refractivity contribution in [2.45, 2.75) is 40.7 Å². The van der Waals surface area contributed by atoms with Crippen molar-refractivity contribution in [3.05, 3.63) is 30.1 Å². The Balaban J connectivity index is 2.61. The van der Waals surface area contributed by atoms with Crippen molar-refractivity contribution >= 4 is 11.9 Å². The number of nitrogens with zero attached hydrogens (tertiary/aromatic N) is 1. The van der Waals surface area contributed by atoms with E-state index in [0.717, 1.165) is 0 Å². The molecule has 0 heterocycles. The number of halogens is 1. The fraction of sp³-hybridized carbons (Fsp3) is 0.579. The van der Waals surface area contributed by atoms with Gasteiger partial charge in [-0.15, -0.1) is 0 Å². The van der Waals surface area contributed by atoms with Crippen LogP contribution in [-0.2, 0) is 4.79 Å². The van der Waals surface area contributed by atoms with Crippen LogP contribution in [-0.4, -0.2) is 44.1 Å². The molecule has 1 aromatic carbocycles. The topological polar surface area (TPSA) is 74.8 Å². The smallest absolute Gasteiger partial charge is 0.227 e. The number of nitrogens with one attached hydrogen (secondary N) is 3. The molecule has 1 unspecified atom stereocenters. The average Bonchev–Trinajstić information content (AvgIpc) is 2.59. The van der Waals surface area contributed by atoms with E-state index in [2.05, 4.69) is 20.9 Å². The molecule has 6 nitrogen and oxygen atoms in total. The Hall–Kier alpha value is -2.31. The Kier molecular flexibility index (Phi) is 8.88. The van der Waals surface area contributed by atoms with Gasteiger partial charge in [0, 0.05) is 13.1 Å². The molecule has 1 amide bonds. The van der Waals surface area contributed by atoms with Crippen molar-refractivity contribution in [3.8, 4) is 5.75 Å². The van der Waals surface area contributed by atoms with Crippen molar-refractivity contribution in [1.29, 1.82) is 0 Å². The molecule has 0 aliphatic heterocycles. The fourth-order valence-electron chi connectivity index (χ4n) is 2.13. The van der Waals surface area contributed by atoms with E-state index in [4.69, 9.17) is 4.74 Å². The Morgan fingerprint density at radius 1 is 1.19 bits per heavy atom. The van der Waals surface area contributed by atoms with Crippen molar-refractivity contribution in [2.75, 3.05) is 26.2 Å². The van der Waals surface area contributed by atoms with Gasteiger partial charge < -0.3 is 20.7 Å². The number of benzene rings is 1. The molecule has 0 radical (unpaired) electrons. The number of carbonyl (C=O) groups is 1. The molecule has 0 spiro atoms. The second kappa shape index (κ2) is 10.6. The first-order chi connectivity index (χ1) is 12.3. The zero-order chi connectivity index (χ0) is 19.6. The number of amides is 1. The Morgan fingerprint density at radius 3 is 2.46 bits per heavy atom. The van der Waals surface area contributed by atoms with E-state index in [1.165, 1.54) is 6.07 Å². The third kappa shape index (κ3) is 7.29. The molecule has 0 fully saturated rings. The molecule has 1 atom stereocenters. The minimum Gasteiger partial charge on any atom is -0.486 e. The standard InChI is InChI=1S/C19H31FN4O2/c1-6-21-17(25)19(4,5)13-24-18(22-7-2)23-12-14(3)26-16-11-9-8-10-15(16)20/h8-11,14H,6-7,12-13H2,1-5H3,(H,21,25)(H2,22,23,24). The number of hydrogen-bond acceptors (Lipinski definition) is 3. The molecule has 0 aromatic heterocycles. The van der Waals surface area contributed by atoms with E-state index in [0.29, 0.717) is 32.1 Å². The minimum absolute atomic E-state index is 0.0316. The number of guanidine groups is 1. The zero-order valence-electron chi connectivity index (χ0n) is 16.4. The lowest BCUT2D eigenvalue weighted by Crippen LogP contribution is -2.44. The van der Waals surface area contributed by atoms with Crippen molar-refractivity contribution in [1.82, 2.24) is 16.0 Å². The summed E-state index contributed by atoms with van der Waals surface area (Å²) in [5.41, 5.74) is -0.604. The van der Waals surface area contributed by atoms with Crippen molar-refractivity contribution in [2.24, 2.45) is 10.4 Å². The molecule has 7 heteroatoms. The van der Waals surface area contributed by atoms with E-state index in [1.807, 2.05) is 34.6 Å². The summed E-state index contributed by atoms with van der Waals surface area (Å²) in [6.07, 6.45) is -0.257. The van der Waals surface area contributed by atoms with Gasteiger partial charge >= 0.3 is 0 Å². The lowest BCUT2D eigenvalue weighted by atomic mass is 9.92. The van der Waals surface area contributed by atoms with Crippen LogP contribution in [0.4, 0.5) is 4.39 Å². The molecule has 26 heavy (non-hydrogen) atoms. The second-order valence-electron chi connectivity index (χ2n) is 6.68. The highest BCUT2D eigenvalue weighted by Gasteiger charge is 2.26. The number of carbonyl (C=O) groups excluding carboxylic acids is 1. The minimum atomic E-state index is -0.604. The van der Waals surface area contributed by atoms with Gasteiger partial charge in [0.25, 0.3) is 0 Å². The Morgan fingerprint density at radius 2 is 1.85 bits per heavy atom. The Bertz CT molecular complexity index is 605. The highest BCUT2D eigenvalue weighted by Crippen LogP contribution is 2.17. The van der Waals surface area contributed by atoms with E-state index in [-0.39, 0.29) is 23.6 Å². The quantitative estimate of drug-likeness (QED) is 0.463. The summed E-state index contributed by atoms with van der Waals surface area (Å²) in [5.74, 6) is 0.398. The van der Waals surface area contributed by atoms with Crippen LogP contribution in [0.25, 0.3) is 0 Å². The molecule has 0 saturated heterocycles. The van der Waals surface area contributed by atoms with Crippen LogP contribution >= 0.6 is 0 Å². The molecule has 0 aliphatic rings. The van der Waals surface area contributed by atoms with Crippen LogP contribution < -0.4 is 20.7 Å². The predicted octanol–water partition coefficient (Wildman–Crippen LogP) is 2.31. The van der Waals surface area contributed by atoms with Gasteiger partial charge in [0.2, 0.25) is 5.91 Å². The molecule has 146 valence electrons. The van der Waals surface area contributed by atoms with E-state index in [1.54, 1.807) is 18.2 Å². The van der Waals surface area contributed by atoms with Crippen LogP contribution in [0.5, 0.6) is 5.75 Å². The summed E-state index contributed by atoms with van der Waals surface area (Å²) in [4.78, 5) is 16.5. The molecule has 3 N–H and O–H groups in total. The molecule has 0 saturated carbocycles. The summed E-state index contributed by atoms with van der Waals surface area (Å²) in [5, 5.41) is 9.12. The third-order valence-corrected chi connectivity index (χ3v) is 3.65. The van der Waals surface area contributed by atoms with Gasteiger partial charge in [0.05, 0.1) is 18.5 Å². The highest BCUT2D eigenvalue weighted by atomic mass is 19.1. The van der Waals surface area contributed by atoms with Crippen LogP contribution in [0.2, 0.25) is 0 Å². The van der Waals surface area contributed by atoms with Crippen LogP contribution in [0.3, 0.4) is 0 Å². The number of rotatable bonds is 9. The first kappa shape index (κ1) is 21.7. The average molecular weight is 366 g/mol. The highest BCUT2D eigenvalue weighted by molar-refractivity contribution is 5.83. The predicted molar refractivity (Wildman–Crippen MR) is 103 cm³/mol. The van der Waals surface area contributed by atoms with Gasteiger partial charge in [-0.3, -0.25) is 9.79 Å². The van der Waals surface area contributed by atoms with Gasteiger partial charge in [0.15, 0.2) is 17.5 Å². The van der Waals surface area contributed by atoms with Gasteiger partial charge in [-0.2, -0.15) is 0 Å². The van der Waals surface area contributed by atoms with Crippen molar-refractivity contribution < 1.29 is 13.9 Å². The van der Waals surface area contributed by atoms with Gasteiger partial charge in [-0.25, -0.2) is 4.39 Å². The van der Waals surface area contributed by atoms with Crippen LogP contribution in [0, 0.1) is 11.2 Å². The number of aliphatic imine (C=N–C) groups is 1. The molecule has 1 rings (SSSR count). The SMILES string of the molecule is CCNC(=O)C(C)(C)CN=C(NCC)NCC(C)Oc1ccccc1F.